The summed E-state index contributed by atoms with van der Waals surface area (Å²) in [6.07, 6.45) is 1.78. The lowest BCUT2D eigenvalue weighted by Gasteiger charge is -2.13. The average Bonchev–Trinajstić information content (AvgIpc) is 2.43. The van der Waals surface area contributed by atoms with Gasteiger partial charge in [-0.2, -0.15) is 0 Å². The first-order valence-corrected chi connectivity index (χ1v) is 7.17. The van der Waals surface area contributed by atoms with E-state index in [-0.39, 0.29) is 0 Å². The smallest absolute Gasteiger partial charge is 0.142 e. The van der Waals surface area contributed by atoms with Gasteiger partial charge in [-0.3, -0.25) is 4.98 Å². The highest BCUT2D eigenvalue weighted by Crippen LogP contribution is 2.32. The van der Waals surface area contributed by atoms with E-state index in [2.05, 4.69) is 10.3 Å². The summed E-state index contributed by atoms with van der Waals surface area (Å²) in [5.74, 6) is 0.687. The van der Waals surface area contributed by atoms with Gasteiger partial charge in [-0.15, -0.1) is 0 Å². The van der Waals surface area contributed by atoms with Gasteiger partial charge in [-0.25, -0.2) is 0 Å². The van der Waals surface area contributed by atoms with Crippen LogP contribution in [0.3, 0.4) is 0 Å². The number of aromatic nitrogens is 1. The van der Waals surface area contributed by atoms with Crippen molar-refractivity contribution in [3.8, 4) is 5.75 Å². The summed E-state index contributed by atoms with van der Waals surface area (Å²) in [7, 11) is 0. The quantitative estimate of drug-likeness (QED) is 0.873. The number of hydrogen-bond acceptors (Lipinski definition) is 3. The SMILES string of the molecule is CCOc1c(Cl)cc(Cl)cc1CNCc1ccccn1. The highest BCUT2D eigenvalue weighted by Gasteiger charge is 2.10. The van der Waals surface area contributed by atoms with Gasteiger partial charge in [0.2, 0.25) is 0 Å². The van der Waals surface area contributed by atoms with E-state index in [1.165, 1.54) is 0 Å². The molecule has 0 radical (unpaired) electrons. The summed E-state index contributed by atoms with van der Waals surface area (Å²) in [4.78, 5) is 4.26. The van der Waals surface area contributed by atoms with Crippen LogP contribution in [-0.4, -0.2) is 11.6 Å². The monoisotopic (exact) mass is 310 g/mol. The molecule has 106 valence electrons. The van der Waals surface area contributed by atoms with Crippen LogP contribution in [0.1, 0.15) is 18.2 Å². The molecule has 0 aliphatic rings. The lowest BCUT2D eigenvalue weighted by molar-refractivity contribution is 0.335. The van der Waals surface area contributed by atoms with E-state index in [9.17, 15) is 0 Å². The summed E-state index contributed by atoms with van der Waals surface area (Å²) in [5.41, 5.74) is 1.93. The van der Waals surface area contributed by atoms with Crippen molar-refractivity contribution < 1.29 is 4.74 Å². The van der Waals surface area contributed by atoms with E-state index in [0.717, 1.165) is 11.3 Å². The molecule has 1 aromatic heterocycles. The maximum Gasteiger partial charge on any atom is 0.142 e. The Morgan fingerprint density at radius 3 is 2.75 bits per heavy atom. The molecule has 0 unspecified atom stereocenters. The van der Waals surface area contributed by atoms with E-state index < -0.39 is 0 Å². The third-order valence-corrected chi connectivity index (χ3v) is 3.22. The summed E-state index contributed by atoms with van der Waals surface area (Å²) in [6, 6.07) is 9.39. The number of nitrogens with one attached hydrogen (secondary N) is 1. The van der Waals surface area contributed by atoms with Gasteiger partial charge in [0.05, 0.1) is 17.3 Å². The van der Waals surface area contributed by atoms with Crippen LogP contribution in [0, 0.1) is 0 Å². The fourth-order valence-corrected chi connectivity index (χ4v) is 2.47. The lowest BCUT2D eigenvalue weighted by Crippen LogP contribution is -2.14. The zero-order chi connectivity index (χ0) is 14.4. The van der Waals surface area contributed by atoms with Gasteiger partial charge in [0.25, 0.3) is 0 Å². The number of pyridine rings is 1. The largest absolute Gasteiger partial charge is 0.492 e. The first-order chi connectivity index (χ1) is 9.70. The third-order valence-electron chi connectivity index (χ3n) is 2.72. The van der Waals surface area contributed by atoms with Crippen molar-refractivity contribution in [1.82, 2.24) is 10.3 Å². The number of rotatable bonds is 6. The van der Waals surface area contributed by atoms with E-state index >= 15 is 0 Å². The van der Waals surface area contributed by atoms with Gasteiger partial charge in [-0.05, 0) is 31.2 Å². The molecule has 3 nitrogen and oxygen atoms in total. The van der Waals surface area contributed by atoms with Crippen molar-refractivity contribution in [2.45, 2.75) is 20.0 Å². The van der Waals surface area contributed by atoms with Crippen LogP contribution in [0.15, 0.2) is 36.5 Å². The molecular weight excluding hydrogens is 295 g/mol. The topological polar surface area (TPSA) is 34.1 Å². The summed E-state index contributed by atoms with van der Waals surface area (Å²) in [5, 5.41) is 4.45. The standard InChI is InChI=1S/C15H16Cl2N2O/c1-2-20-15-11(7-12(16)8-14(15)17)9-18-10-13-5-3-4-6-19-13/h3-8,18H,2,9-10H2,1H3. The fraction of sp³-hybridized carbons (Fsp3) is 0.267. The Balaban J connectivity index is 2.05. The second kappa shape index (κ2) is 7.48. The van der Waals surface area contributed by atoms with Crippen LogP contribution in [0.25, 0.3) is 0 Å². The molecule has 0 spiro atoms. The molecule has 0 fully saturated rings. The Morgan fingerprint density at radius 1 is 1.20 bits per heavy atom. The van der Waals surface area contributed by atoms with Gasteiger partial charge in [0.15, 0.2) is 0 Å². The predicted octanol–water partition coefficient (Wildman–Crippen LogP) is 4.08. The van der Waals surface area contributed by atoms with Gasteiger partial charge >= 0.3 is 0 Å². The van der Waals surface area contributed by atoms with Crippen molar-refractivity contribution in [3.05, 3.63) is 57.8 Å². The number of ether oxygens (including phenoxy) is 1. The minimum atomic E-state index is 0.536. The molecule has 1 N–H and O–H groups in total. The highest BCUT2D eigenvalue weighted by molar-refractivity contribution is 6.35. The predicted molar refractivity (Wildman–Crippen MR) is 82.4 cm³/mol. The van der Waals surface area contributed by atoms with Crippen LogP contribution in [0.5, 0.6) is 5.75 Å². The van der Waals surface area contributed by atoms with Crippen molar-refractivity contribution in [2.75, 3.05) is 6.61 Å². The number of halogens is 2. The second-order valence-electron chi connectivity index (χ2n) is 4.23. The molecule has 2 rings (SSSR count). The van der Waals surface area contributed by atoms with Crippen LogP contribution in [0.4, 0.5) is 0 Å². The minimum absolute atomic E-state index is 0.536. The Kier molecular flexibility index (Phi) is 5.65. The summed E-state index contributed by atoms with van der Waals surface area (Å²) >= 11 is 12.2. The number of nitrogens with zero attached hydrogens (tertiary/aromatic N) is 1. The van der Waals surface area contributed by atoms with Gasteiger partial charge in [0.1, 0.15) is 5.75 Å². The Labute approximate surface area is 128 Å². The van der Waals surface area contributed by atoms with Gasteiger partial charge < -0.3 is 10.1 Å². The van der Waals surface area contributed by atoms with Crippen LogP contribution >= 0.6 is 23.2 Å². The van der Waals surface area contributed by atoms with Crippen LogP contribution < -0.4 is 10.1 Å². The Morgan fingerprint density at radius 2 is 2.05 bits per heavy atom. The molecule has 5 heteroatoms. The zero-order valence-electron chi connectivity index (χ0n) is 11.2. The Bertz CT molecular complexity index is 561. The first-order valence-electron chi connectivity index (χ1n) is 6.42. The molecular formula is C15H16Cl2N2O. The molecule has 0 bridgehead atoms. The number of hydrogen-bond donors (Lipinski definition) is 1. The molecule has 1 heterocycles. The van der Waals surface area contributed by atoms with E-state index in [0.29, 0.717) is 35.5 Å². The normalized spacial score (nSPS) is 10.6. The van der Waals surface area contributed by atoms with E-state index in [1.807, 2.05) is 31.2 Å². The molecule has 0 aliphatic heterocycles. The van der Waals surface area contributed by atoms with Crippen molar-refractivity contribution in [2.24, 2.45) is 0 Å². The van der Waals surface area contributed by atoms with Crippen molar-refractivity contribution in [1.29, 1.82) is 0 Å². The molecule has 0 saturated heterocycles. The molecule has 0 amide bonds. The van der Waals surface area contributed by atoms with Gasteiger partial charge in [-0.1, -0.05) is 29.3 Å². The maximum absolute atomic E-state index is 6.16. The number of benzene rings is 1. The first kappa shape index (κ1) is 15.1. The maximum atomic E-state index is 6.16. The van der Waals surface area contributed by atoms with Gasteiger partial charge in [0, 0.05) is 29.9 Å². The van der Waals surface area contributed by atoms with Crippen molar-refractivity contribution in [3.63, 3.8) is 0 Å². The second-order valence-corrected chi connectivity index (χ2v) is 5.08. The lowest BCUT2D eigenvalue weighted by atomic mass is 10.2. The molecule has 0 aliphatic carbocycles. The summed E-state index contributed by atoms with van der Waals surface area (Å²) in [6.45, 7) is 3.79. The molecule has 1 aromatic carbocycles. The van der Waals surface area contributed by atoms with E-state index in [4.69, 9.17) is 27.9 Å². The van der Waals surface area contributed by atoms with Crippen LogP contribution in [0.2, 0.25) is 10.0 Å². The fourth-order valence-electron chi connectivity index (χ4n) is 1.88. The van der Waals surface area contributed by atoms with E-state index in [1.54, 1.807) is 12.3 Å². The molecule has 2 aromatic rings. The third kappa shape index (κ3) is 4.10. The minimum Gasteiger partial charge on any atom is -0.492 e. The molecule has 0 saturated carbocycles. The average molecular weight is 311 g/mol. The molecule has 0 atom stereocenters. The Hall–Kier alpha value is -1.29. The zero-order valence-corrected chi connectivity index (χ0v) is 12.7. The summed E-state index contributed by atoms with van der Waals surface area (Å²) < 4.78 is 5.58. The highest BCUT2D eigenvalue weighted by atomic mass is 35.5. The molecule has 20 heavy (non-hydrogen) atoms. The van der Waals surface area contributed by atoms with Crippen molar-refractivity contribution >= 4 is 23.2 Å². The van der Waals surface area contributed by atoms with Crippen LogP contribution in [-0.2, 0) is 13.1 Å².